The molecule has 0 saturated carbocycles. The summed E-state index contributed by atoms with van der Waals surface area (Å²) in [5.41, 5.74) is 2.82. The maximum atomic E-state index is 2.28. The van der Waals surface area contributed by atoms with Crippen LogP contribution in [0.25, 0.3) is 0 Å². The Morgan fingerprint density at radius 2 is 1.63 bits per heavy atom. The minimum Gasteiger partial charge on any atom is -0.147 e. The van der Waals surface area contributed by atoms with Crippen LogP contribution in [0.3, 0.4) is 0 Å². The van der Waals surface area contributed by atoms with E-state index in [1.165, 1.54) is 15.0 Å². The van der Waals surface area contributed by atoms with Crippen molar-refractivity contribution in [2.45, 2.75) is 12.5 Å². The maximum absolute atomic E-state index is 2.28. The van der Waals surface area contributed by atoms with Crippen molar-refractivity contribution in [1.29, 1.82) is 0 Å². The average molecular weight is 356 g/mol. The standard InChI is InChI=1S/C14H16N.3ClH.Ti/c1-15(2)14(13-10-6-7-11-13)12-8-4-3-5-9-12;;;;/h3-6,8-10,14H,7H2,1-2H3;3*1H;. The van der Waals surface area contributed by atoms with Crippen LogP contribution in [0.2, 0.25) is 0 Å². The molecule has 5 heteroatoms. The Labute approximate surface area is 146 Å². The number of rotatable bonds is 3. The molecule has 1 aliphatic carbocycles. The van der Waals surface area contributed by atoms with Gasteiger partial charge in [0.05, 0.1) is 0 Å². The molecular formula is C14H19Cl3NTi. The van der Waals surface area contributed by atoms with Gasteiger partial charge < -0.3 is 0 Å². The van der Waals surface area contributed by atoms with E-state index >= 15 is 0 Å². The van der Waals surface area contributed by atoms with Crippen LogP contribution in [0.1, 0.15) is 18.0 Å². The minimum absolute atomic E-state index is 0. The van der Waals surface area contributed by atoms with E-state index in [0.717, 1.165) is 6.42 Å². The van der Waals surface area contributed by atoms with Gasteiger partial charge in [-0.2, -0.15) is 0 Å². The first kappa shape index (κ1) is 21.5. The summed E-state index contributed by atoms with van der Waals surface area (Å²) in [6.45, 7) is 0. The molecule has 2 rings (SSSR count). The Hall–Kier alpha value is 0.244. The molecule has 0 N–H and O–H groups in total. The first-order valence-corrected chi connectivity index (χ1v) is 6.31. The van der Waals surface area contributed by atoms with Crippen molar-refractivity contribution in [2.24, 2.45) is 0 Å². The van der Waals surface area contributed by atoms with Gasteiger partial charge in [-0.15, -0.1) is 37.2 Å². The summed E-state index contributed by atoms with van der Waals surface area (Å²) in [4.78, 5) is 2.28. The summed E-state index contributed by atoms with van der Waals surface area (Å²) in [5.74, 6) is 0. The Balaban J connectivity index is 0. The molecule has 0 radical (unpaired) electrons. The monoisotopic (exact) mass is 354 g/mol. The van der Waals surface area contributed by atoms with Crippen molar-refractivity contribution in [2.75, 3.05) is 14.1 Å². The Morgan fingerprint density at radius 3 is 2.05 bits per heavy atom. The molecule has 0 spiro atoms. The first-order valence-electron chi connectivity index (χ1n) is 5.52. The van der Waals surface area contributed by atoms with Crippen molar-refractivity contribution < 1.29 is 20.4 Å². The molecule has 0 aliphatic heterocycles. The third-order valence-electron chi connectivity index (χ3n) is 2.89. The average Bonchev–Trinajstić information content (AvgIpc) is 2.66. The quantitative estimate of drug-likeness (QED) is 0.730. The second kappa shape index (κ2) is 10.0. The topological polar surface area (TPSA) is 3.24 Å². The molecule has 1 atom stereocenters. The molecule has 0 bridgehead atoms. The van der Waals surface area contributed by atoms with Gasteiger partial charge in [0.25, 0.3) is 0 Å². The molecule has 0 fully saturated rings. The second-order valence-electron chi connectivity index (χ2n) is 4.32. The fourth-order valence-corrected chi connectivity index (χ4v) is 2.70. The van der Waals surface area contributed by atoms with Crippen LogP contribution in [0.5, 0.6) is 0 Å². The van der Waals surface area contributed by atoms with Crippen LogP contribution in [0.15, 0.2) is 51.9 Å². The van der Waals surface area contributed by atoms with Crippen LogP contribution in [-0.2, 0) is 20.4 Å². The normalized spacial score (nSPS) is 14.4. The number of hydrogen-bond donors (Lipinski definition) is 0. The van der Waals surface area contributed by atoms with Gasteiger partial charge in [-0.3, -0.25) is 0 Å². The molecule has 0 aromatic heterocycles. The van der Waals surface area contributed by atoms with Crippen LogP contribution < -0.4 is 0 Å². The fraction of sp³-hybridized carbons (Fsp3) is 0.286. The van der Waals surface area contributed by atoms with Crippen LogP contribution in [0, 0.1) is 0 Å². The number of allylic oxidation sites excluding steroid dienone is 2. The fourth-order valence-electron chi connectivity index (χ4n) is 2.17. The van der Waals surface area contributed by atoms with Crippen LogP contribution >= 0.6 is 37.2 Å². The number of benzene rings is 1. The van der Waals surface area contributed by atoms with Crippen LogP contribution in [0.4, 0.5) is 0 Å². The molecule has 0 amide bonds. The summed E-state index contributed by atoms with van der Waals surface area (Å²) in [7, 11) is 4.29. The number of nitrogens with zero attached hydrogens (tertiary/aromatic N) is 1. The molecule has 0 saturated heterocycles. The Kier molecular flexibility index (Phi) is 11.4. The SMILES string of the molecule is CN(C)C(C1=[C]([Ti])CC=C1)c1ccccc1.Cl.Cl.Cl. The third-order valence-corrected chi connectivity index (χ3v) is 3.66. The van der Waals surface area contributed by atoms with E-state index in [2.05, 4.69) is 81.9 Å². The van der Waals surface area contributed by atoms with Gasteiger partial charge in [-0.25, -0.2) is 0 Å². The predicted molar refractivity (Wildman–Crippen MR) is 85.4 cm³/mol. The van der Waals surface area contributed by atoms with E-state index in [-0.39, 0.29) is 37.2 Å². The summed E-state index contributed by atoms with van der Waals surface area (Å²) < 4.78 is 1.49. The second-order valence-corrected chi connectivity index (χ2v) is 5.26. The van der Waals surface area contributed by atoms with Gasteiger partial charge >= 0.3 is 109 Å². The molecule has 1 aromatic rings. The van der Waals surface area contributed by atoms with Crippen molar-refractivity contribution in [3.8, 4) is 0 Å². The third kappa shape index (κ3) is 5.26. The molecule has 0 heterocycles. The molecule has 105 valence electrons. The minimum atomic E-state index is 0. The van der Waals surface area contributed by atoms with Gasteiger partial charge in [-0.1, -0.05) is 0 Å². The summed E-state index contributed by atoms with van der Waals surface area (Å²) in [5, 5.41) is 0. The Morgan fingerprint density at radius 1 is 1.05 bits per heavy atom. The van der Waals surface area contributed by atoms with Crippen molar-refractivity contribution >= 4 is 37.2 Å². The molecular weight excluding hydrogens is 336 g/mol. The molecule has 19 heavy (non-hydrogen) atoms. The van der Waals surface area contributed by atoms with Gasteiger partial charge in [0, 0.05) is 0 Å². The number of hydrogen-bond acceptors (Lipinski definition) is 1. The molecule has 1 aliphatic rings. The molecule has 1 unspecified atom stereocenters. The van der Waals surface area contributed by atoms with Gasteiger partial charge in [0.2, 0.25) is 0 Å². The maximum Gasteiger partial charge on any atom is -0.147 e. The van der Waals surface area contributed by atoms with Gasteiger partial charge in [0.15, 0.2) is 0 Å². The summed E-state index contributed by atoms with van der Waals surface area (Å²) in [6.07, 6.45) is 5.63. The van der Waals surface area contributed by atoms with Crippen molar-refractivity contribution in [1.82, 2.24) is 4.90 Å². The number of likely N-dealkylation sites (N-methyl/N-ethyl adjacent to an activating group) is 1. The van der Waals surface area contributed by atoms with E-state index in [1.807, 2.05) is 0 Å². The Bertz CT molecular complexity index is 430. The predicted octanol–water partition coefficient (Wildman–Crippen LogP) is 4.32. The van der Waals surface area contributed by atoms with E-state index in [1.54, 1.807) is 0 Å². The summed E-state index contributed by atoms with van der Waals surface area (Å²) >= 11 is 2.23. The van der Waals surface area contributed by atoms with Crippen LogP contribution in [-0.4, -0.2) is 19.0 Å². The van der Waals surface area contributed by atoms with E-state index in [4.69, 9.17) is 0 Å². The molecule has 1 nitrogen and oxygen atoms in total. The number of halogens is 3. The van der Waals surface area contributed by atoms with Gasteiger partial charge in [-0.05, 0) is 0 Å². The smallest absolute Gasteiger partial charge is 0.147 e. The largest absolute Gasteiger partial charge is 0.147 e. The first-order chi connectivity index (χ1) is 7.70. The van der Waals surface area contributed by atoms with E-state index in [0.29, 0.717) is 6.04 Å². The van der Waals surface area contributed by atoms with E-state index < -0.39 is 0 Å². The van der Waals surface area contributed by atoms with Crippen molar-refractivity contribution in [3.63, 3.8) is 0 Å². The zero-order valence-corrected chi connectivity index (χ0v) is 15.0. The zero-order chi connectivity index (χ0) is 11.5. The summed E-state index contributed by atoms with van der Waals surface area (Å²) in [6, 6.07) is 11.1. The van der Waals surface area contributed by atoms with E-state index in [9.17, 15) is 0 Å². The molecule has 1 aromatic carbocycles. The zero-order valence-electron chi connectivity index (χ0n) is 11.0. The van der Waals surface area contributed by atoms with Crippen molar-refractivity contribution in [3.05, 3.63) is 57.5 Å². The van der Waals surface area contributed by atoms with Gasteiger partial charge in [0.1, 0.15) is 0 Å².